The molecule has 1 aliphatic heterocycles. The van der Waals surface area contributed by atoms with Crippen LogP contribution in [-0.4, -0.2) is 57.1 Å². The predicted octanol–water partition coefficient (Wildman–Crippen LogP) is 4.87. The first-order valence-corrected chi connectivity index (χ1v) is 12.1. The number of H-pyrrole nitrogens is 1. The van der Waals surface area contributed by atoms with E-state index in [-0.39, 0.29) is 5.91 Å². The van der Waals surface area contributed by atoms with E-state index in [0.29, 0.717) is 18.8 Å². The van der Waals surface area contributed by atoms with Crippen molar-refractivity contribution in [1.29, 1.82) is 0 Å². The average molecular weight is 470 g/mol. The summed E-state index contributed by atoms with van der Waals surface area (Å²) in [5.74, 6) is -0.0158. The number of aromatic amines is 1. The van der Waals surface area contributed by atoms with Crippen LogP contribution in [0.2, 0.25) is 5.02 Å². The van der Waals surface area contributed by atoms with E-state index in [2.05, 4.69) is 20.5 Å². The van der Waals surface area contributed by atoms with E-state index in [1.54, 1.807) is 22.7 Å². The fourth-order valence-corrected chi connectivity index (χ4v) is 5.25. The number of hydrogen-bond acceptors (Lipinski definition) is 6. The third kappa shape index (κ3) is 4.57. The summed E-state index contributed by atoms with van der Waals surface area (Å²) >= 11 is 9.27. The molecule has 0 aliphatic carbocycles. The molecular weight excluding hydrogens is 450 g/mol. The van der Waals surface area contributed by atoms with Crippen LogP contribution in [-0.2, 0) is 6.54 Å². The number of benzene rings is 1. The Balaban J connectivity index is 1.16. The highest BCUT2D eigenvalue weighted by atomic mass is 35.5. The number of amides is 1. The van der Waals surface area contributed by atoms with Gasteiger partial charge in [0.1, 0.15) is 5.01 Å². The van der Waals surface area contributed by atoms with Crippen molar-refractivity contribution in [3.63, 3.8) is 0 Å². The molecule has 0 bridgehead atoms. The van der Waals surface area contributed by atoms with E-state index in [1.165, 1.54) is 0 Å². The molecule has 31 heavy (non-hydrogen) atoms. The number of nitrogens with one attached hydrogen (secondary N) is 1. The molecule has 1 N–H and O–H groups in total. The number of thiophene rings is 1. The van der Waals surface area contributed by atoms with E-state index >= 15 is 0 Å². The Morgan fingerprint density at radius 3 is 2.65 bits per heavy atom. The van der Waals surface area contributed by atoms with Crippen LogP contribution in [0.15, 0.2) is 53.2 Å². The monoisotopic (exact) mass is 469 g/mol. The summed E-state index contributed by atoms with van der Waals surface area (Å²) in [6.07, 6.45) is 0. The zero-order valence-electron chi connectivity index (χ0n) is 16.6. The Labute approximate surface area is 193 Å². The van der Waals surface area contributed by atoms with Crippen molar-refractivity contribution in [2.45, 2.75) is 6.54 Å². The second kappa shape index (κ2) is 8.92. The molecule has 0 spiro atoms. The molecule has 1 amide bonds. The van der Waals surface area contributed by atoms with Gasteiger partial charge in [0.2, 0.25) is 0 Å². The number of carbonyl (C=O) groups is 1. The lowest BCUT2D eigenvalue weighted by Crippen LogP contribution is -2.48. The third-order valence-corrected chi connectivity index (χ3v) is 7.28. The zero-order chi connectivity index (χ0) is 21.2. The highest BCUT2D eigenvalue weighted by molar-refractivity contribution is 7.13. The molecule has 0 radical (unpaired) electrons. The van der Waals surface area contributed by atoms with Crippen molar-refractivity contribution < 1.29 is 4.79 Å². The number of carbonyl (C=O) groups excluding carboxylic acids is 1. The first-order valence-electron chi connectivity index (χ1n) is 9.97. The Morgan fingerprint density at radius 2 is 1.90 bits per heavy atom. The van der Waals surface area contributed by atoms with Gasteiger partial charge >= 0.3 is 0 Å². The molecule has 0 atom stereocenters. The maximum absolute atomic E-state index is 12.8. The summed E-state index contributed by atoms with van der Waals surface area (Å²) in [6, 6.07) is 13.6. The topological polar surface area (TPSA) is 65.1 Å². The van der Waals surface area contributed by atoms with E-state index in [1.807, 2.05) is 52.7 Å². The van der Waals surface area contributed by atoms with Crippen LogP contribution in [0.1, 0.15) is 15.5 Å². The van der Waals surface area contributed by atoms with Gasteiger partial charge in [-0.2, -0.15) is 5.10 Å². The lowest BCUT2D eigenvalue weighted by molar-refractivity contribution is 0.0622. The molecule has 1 saturated heterocycles. The number of piperazine rings is 1. The Bertz CT molecular complexity index is 1160. The molecule has 1 fully saturated rings. The number of hydrogen-bond donors (Lipinski definition) is 1. The van der Waals surface area contributed by atoms with Gasteiger partial charge in [-0.3, -0.25) is 14.8 Å². The summed E-state index contributed by atoms with van der Waals surface area (Å²) in [4.78, 5) is 22.9. The Kier molecular flexibility index (Phi) is 5.87. The van der Waals surface area contributed by atoms with Crippen LogP contribution in [0, 0.1) is 0 Å². The minimum absolute atomic E-state index is 0.0158. The van der Waals surface area contributed by atoms with Crippen LogP contribution in [0.4, 0.5) is 0 Å². The first-order chi connectivity index (χ1) is 15.2. The quantitative estimate of drug-likeness (QED) is 0.452. The predicted molar refractivity (Wildman–Crippen MR) is 126 cm³/mol. The van der Waals surface area contributed by atoms with Crippen LogP contribution in [0.25, 0.3) is 21.8 Å². The van der Waals surface area contributed by atoms with Crippen molar-refractivity contribution in [1.82, 2.24) is 25.0 Å². The molecule has 0 saturated carbocycles. The molecule has 5 rings (SSSR count). The first kappa shape index (κ1) is 20.4. The number of aromatic nitrogens is 3. The molecular formula is C22H20ClN5OS2. The molecule has 4 aromatic rings. The van der Waals surface area contributed by atoms with Gasteiger partial charge in [-0.15, -0.1) is 22.7 Å². The van der Waals surface area contributed by atoms with Gasteiger partial charge in [-0.1, -0.05) is 29.8 Å². The Morgan fingerprint density at radius 1 is 1.10 bits per heavy atom. The summed E-state index contributed by atoms with van der Waals surface area (Å²) in [5.41, 5.74) is 3.41. The second-order valence-electron chi connectivity index (χ2n) is 7.35. The van der Waals surface area contributed by atoms with Crippen molar-refractivity contribution in [3.05, 3.63) is 68.9 Å². The normalized spacial score (nSPS) is 14.8. The highest BCUT2D eigenvalue weighted by Crippen LogP contribution is 2.25. The van der Waals surface area contributed by atoms with Gasteiger partial charge in [0, 0.05) is 42.1 Å². The second-order valence-corrected chi connectivity index (χ2v) is 9.67. The summed E-state index contributed by atoms with van der Waals surface area (Å²) in [5, 5.41) is 13.1. The van der Waals surface area contributed by atoms with Gasteiger partial charge in [0.15, 0.2) is 5.69 Å². The van der Waals surface area contributed by atoms with Crippen molar-refractivity contribution in [3.8, 4) is 21.8 Å². The average Bonchev–Trinajstić information content (AvgIpc) is 3.55. The number of nitrogens with zero attached hydrogens (tertiary/aromatic N) is 4. The molecule has 9 heteroatoms. The summed E-state index contributed by atoms with van der Waals surface area (Å²) in [7, 11) is 0. The van der Waals surface area contributed by atoms with E-state index < -0.39 is 0 Å². The molecule has 4 heterocycles. The third-order valence-electron chi connectivity index (χ3n) is 5.29. The van der Waals surface area contributed by atoms with E-state index in [4.69, 9.17) is 16.6 Å². The minimum atomic E-state index is -0.0158. The van der Waals surface area contributed by atoms with Crippen LogP contribution < -0.4 is 0 Å². The smallest absolute Gasteiger partial charge is 0.274 e. The van der Waals surface area contributed by atoms with Crippen LogP contribution in [0.3, 0.4) is 0 Å². The van der Waals surface area contributed by atoms with Gasteiger partial charge in [0.05, 0.1) is 22.8 Å². The van der Waals surface area contributed by atoms with Gasteiger partial charge in [-0.25, -0.2) is 4.98 Å². The van der Waals surface area contributed by atoms with Gasteiger partial charge in [-0.05, 0) is 29.6 Å². The fraction of sp³-hybridized carbons (Fsp3) is 0.227. The lowest BCUT2D eigenvalue weighted by atomic mass is 10.2. The maximum Gasteiger partial charge on any atom is 0.274 e. The van der Waals surface area contributed by atoms with Crippen molar-refractivity contribution in [2.75, 3.05) is 26.2 Å². The maximum atomic E-state index is 12.8. The molecule has 3 aromatic heterocycles. The van der Waals surface area contributed by atoms with Crippen LogP contribution in [0.5, 0.6) is 0 Å². The minimum Gasteiger partial charge on any atom is -0.335 e. The number of rotatable bonds is 5. The summed E-state index contributed by atoms with van der Waals surface area (Å²) < 4.78 is 0. The van der Waals surface area contributed by atoms with Gasteiger partial charge < -0.3 is 4.90 Å². The molecule has 158 valence electrons. The van der Waals surface area contributed by atoms with E-state index in [9.17, 15) is 4.79 Å². The molecule has 6 nitrogen and oxygen atoms in total. The summed E-state index contributed by atoms with van der Waals surface area (Å²) in [6.45, 7) is 3.82. The molecule has 1 aliphatic rings. The van der Waals surface area contributed by atoms with E-state index in [0.717, 1.165) is 51.5 Å². The Hall–Kier alpha value is -2.52. The zero-order valence-corrected chi connectivity index (χ0v) is 19.0. The SMILES string of the molecule is O=C(c1cc(-c2cccs2)[nH]n1)N1CCN(Cc2nc(-c3ccc(Cl)cc3)cs2)CC1. The molecule has 0 unspecified atom stereocenters. The standard InChI is InChI=1S/C22H20ClN5OS2/c23-16-5-3-15(4-6-16)19-14-31-21(24-19)13-27-7-9-28(10-8-27)22(29)18-12-17(25-26-18)20-2-1-11-30-20/h1-6,11-12,14H,7-10,13H2,(H,25,26). The van der Waals surface area contributed by atoms with Crippen LogP contribution >= 0.6 is 34.3 Å². The van der Waals surface area contributed by atoms with Crippen molar-refractivity contribution in [2.24, 2.45) is 0 Å². The molecule has 1 aromatic carbocycles. The fourth-order valence-electron chi connectivity index (χ4n) is 3.59. The largest absolute Gasteiger partial charge is 0.335 e. The lowest BCUT2D eigenvalue weighted by Gasteiger charge is -2.33. The number of halogens is 1. The van der Waals surface area contributed by atoms with Crippen molar-refractivity contribution >= 4 is 40.2 Å². The van der Waals surface area contributed by atoms with Gasteiger partial charge in [0.25, 0.3) is 5.91 Å². The highest BCUT2D eigenvalue weighted by Gasteiger charge is 2.24. The number of thiazole rings is 1.